The van der Waals surface area contributed by atoms with Gasteiger partial charge in [0.25, 0.3) is 5.91 Å². The predicted octanol–water partition coefficient (Wildman–Crippen LogP) is 1.97. The molecule has 1 aliphatic rings. The van der Waals surface area contributed by atoms with E-state index in [9.17, 15) is 10.0 Å². The Labute approximate surface area is 159 Å². The molecule has 0 atom stereocenters. The zero-order valence-corrected chi connectivity index (χ0v) is 15.8. The minimum atomic E-state index is -0.0397. The lowest BCUT2D eigenvalue weighted by Crippen LogP contribution is -2.52. The van der Waals surface area contributed by atoms with Crippen molar-refractivity contribution in [3.63, 3.8) is 0 Å². The minimum Gasteiger partial charge on any atom is -0.494 e. The molecule has 1 N–H and O–H groups in total. The van der Waals surface area contributed by atoms with E-state index in [1.165, 1.54) is 0 Å². The largest absolute Gasteiger partial charge is 0.494 e. The van der Waals surface area contributed by atoms with Gasteiger partial charge in [-0.3, -0.25) is 9.69 Å². The van der Waals surface area contributed by atoms with Gasteiger partial charge in [-0.25, -0.2) is 0 Å². The maximum absolute atomic E-state index is 13.0. The average molecular weight is 372 g/mol. The van der Waals surface area contributed by atoms with Gasteiger partial charge in [-0.2, -0.15) is 0 Å². The van der Waals surface area contributed by atoms with Gasteiger partial charge in [-0.05, 0) is 32.0 Å². The molecule has 1 amide bonds. The maximum Gasteiger partial charge on any atom is 0.316 e. The summed E-state index contributed by atoms with van der Waals surface area (Å²) in [5.74, 6) is 1.95. The van der Waals surface area contributed by atoms with Gasteiger partial charge in [-0.15, -0.1) is 0 Å². The summed E-state index contributed by atoms with van der Waals surface area (Å²) in [4.78, 5) is 16.8. The Morgan fingerprint density at radius 2 is 1.67 bits per heavy atom. The van der Waals surface area contributed by atoms with Crippen LogP contribution in [-0.4, -0.2) is 55.4 Å². The summed E-state index contributed by atoms with van der Waals surface area (Å²) >= 11 is 0. The summed E-state index contributed by atoms with van der Waals surface area (Å²) in [6.07, 6.45) is 1.60. The van der Waals surface area contributed by atoms with E-state index in [2.05, 4.69) is 4.90 Å². The van der Waals surface area contributed by atoms with E-state index in [0.717, 1.165) is 10.5 Å². The van der Waals surface area contributed by atoms with Crippen molar-refractivity contribution in [3.05, 3.63) is 48.2 Å². The van der Waals surface area contributed by atoms with Crippen molar-refractivity contribution in [1.29, 1.82) is 0 Å². The van der Waals surface area contributed by atoms with Crippen LogP contribution in [0, 0.1) is 0 Å². The highest BCUT2D eigenvalue weighted by atomic mass is 16.5. The second-order valence-corrected chi connectivity index (χ2v) is 6.24. The molecule has 0 spiro atoms. The van der Waals surface area contributed by atoms with E-state index >= 15 is 0 Å². The van der Waals surface area contributed by atoms with Gasteiger partial charge in [0.1, 0.15) is 30.8 Å². The van der Waals surface area contributed by atoms with Crippen molar-refractivity contribution in [2.24, 2.45) is 0 Å². The SMILES string of the molecule is CCOc1cc(OCC)cc(C(=O)N2CCN(c3cccc[n+]3O)CC2)c1. The highest BCUT2D eigenvalue weighted by Gasteiger charge is 2.28. The van der Waals surface area contributed by atoms with Crippen molar-refractivity contribution in [2.45, 2.75) is 13.8 Å². The molecular formula is C20H26N3O4+. The van der Waals surface area contributed by atoms with Crippen LogP contribution in [0.3, 0.4) is 0 Å². The number of anilines is 1. The maximum atomic E-state index is 13.0. The molecule has 0 aliphatic carbocycles. The molecule has 0 radical (unpaired) electrons. The minimum absolute atomic E-state index is 0.0397. The third kappa shape index (κ3) is 4.42. The van der Waals surface area contributed by atoms with Crippen LogP contribution in [-0.2, 0) is 0 Å². The Morgan fingerprint density at radius 1 is 1.04 bits per heavy atom. The fourth-order valence-electron chi connectivity index (χ4n) is 3.19. The van der Waals surface area contributed by atoms with Gasteiger partial charge in [0.2, 0.25) is 0 Å². The van der Waals surface area contributed by atoms with Gasteiger partial charge in [0.05, 0.1) is 26.3 Å². The second kappa shape index (κ2) is 8.62. The van der Waals surface area contributed by atoms with Crippen molar-refractivity contribution < 1.29 is 24.2 Å². The van der Waals surface area contributed by atoms with Crippen LogP contribution in [0.2, 0.25) is 0 Å². The normalized spacial score (nSPS) is 14.1. The van der Waals surface area contributed by atoms with Crippen LogP contribution in [0.5, 0.6) is 11.5 Å². The highest BCUT2D eigenvalue weighted by Crippen LogP contribution is 2.25. The lowest BCUT2D eigenvalue weighted by molar-refractivity contribution is -0.894. The van der Waals surface area contributed by atoms with Gasteiger partial charge in [0, 0.05) is 17.7 Å². The molecule has 1 fully saturated rings. The van der Waals surface area contributed by atoms with Crippen molar-refractivity contribution in [2.75, 3.05) is 44.3 Å². The van der Waals surface area contributed by atoms with Gasteiger partial charge in [0.15, 0.2) is 0 Å². The fourth-order valence-corrected chi connectivity index (χ4v) is 3.19. The number of nitrogens with zero attached hydrogens (tertiary/aromatic N) is 3. The number of ether oxygens (including phenoxy) is 2. The summed E-state index contributed by atoms with van der Waals surface area (Å²) in [6.45, 7) is 7.34. The van der Waals surface area contributed by atoms with Crippen LogP contribution in [0.1, 0.15) is 24.2 Å². The first-order valence-electron chi connectivity index (χ1n) is 9.27. The molecule has 2 heterocycles. The first-order valence-corrected chi connectivity index (χ1v) is 9.27. The third-order valence-corrected chi connectivity index (χ3v) is 4.46. The summed E-state index contributed by atoms with van der Waals surface area (Å²) in [5.41, 5.74) is 0.565. The molecule has 1 saturated heterocycles. The zero-order valence-electron chi connectivity index (χ0n) is 15.8. The molecule has 0 saturated carbocycles. The number of piperazine rings is 1. The zero-order chi connectivity index (χ0) is 19.2. The van der Waals surface area contributed by atoms with Crippen molar-refractivity contribution in [3.8, 4) is 11.5 Å². The van der Waals surface area contributed by atoms with E-state index in [4.69, 9.17) is 9.47 Å². The lowest BCUT2D eigenvalue weighted by Gasteiger charge is -2.31. The smallest absolute Gasteiger partial charge is 0.316 e. The monoisotopic (exact) mass is 372 g/mol. The highest BCUT2D eigenvalue weighted by molar-refractivity contribution is 5.95. The van der Waals surface area contributed by atoms with Crippen LogP contribution in [0.25, 0.3) is 0 Å². The molecule has 0 unspecified atom stereocenters. The first-order chi connectivity index (χ1) is 13.1. The first kappa shape index (κ1) is 18.8. The summed E-state index contributed by atoms with van der Waals surface area (Å²) in [5, 5.41) is 9.94. The van der Waals surface area contributed by atoms with E-state index in [1.54, 1.807) is 30.5 Å². The molecule has 3 rings (SSSR count). The Morgan fingerprint density at radius 3 is 2.22 bits per heavy atom. The molecule has 7 heteroatoms. The van der Waals surface area contributed by atoms with Crippen molar-refractivity contribution >= 4 is 11.7 Å². The number of carbonyl (C=O) groups excluding carboxylic acids is 1. The summed E-state index contributed by atoms with van der Waals surface area (Å²) < 4.78 is 12.2. The molecule has 27 heavy (non-hydrogen) atoms. The van der Waals surface area contributed by atoms with E-state index in [0.29, 0.717) is 56.5 Å². The van der Waals surface area contributed by atoms with Gasteiger partial charge in [-0.1, -0.05) is 10.8 Å². The fraction of sp³-hybridized carbons (Fsp3) is 0.400. The lowest BCUT2D eigenvalue weighted by atomic mass is 10.1. The number of carbonyl (C=O) groups is 1. The number of amides is 1. The number of rotatable bonds is 6. The Balaban J connectivity index is 1.71. The molecule has 144 valence electrons. The Hall–Kier alpha value is -2.96. The van der Waals surface area contributed by atoms with Gasteiger partial charge >= 0.3 is 5.82 Å². The van der Waals surface area contributed by atoms with Crippen LogP contribution >= 0.6 is 0 Å². The quantitative estimate of drug-likeness (QED) is 0.620. The van der Waals surface area contributed by atoms with Crippen LogP contribution in [0.4, 0.5) is 5.82 Å². The molecular weight excluding hydrogens is 346 g/mol. The summed E-state index contributed by atoms with van der Waals surface area (Å²) in [6, 6.07) is 10.8. The molecule has 0 bridgehead atoms. The standard InChI is InChI=1S/C20H26N3O4/c1-3-26-17-13-16(14-18(15-17)27-4-2)20(24)22-11-9-21(10-12-22)19-7-5-6-8-23(19)25/h5-8,13-15,25H,3-4,9-12H2,1-2H3/q+1. The number of pyridine rings is 1. The molecule has 1 aromatic carbocycles. The average Bonchev–Trinajstić information content (AvgIpc) is 2.68. The Bertz CT molecular complexity index is 764. The van der Waals surface area contributed by atoms with E-state index < -0.39 is 0 Å². The topological polar surface area (TPSA) is 66.1 Å². The number of aromatic nitrogens is 1. The van der Waals surface area contributed by atoms with E-state index in [-0.39, 0.29) is 5.91 Å². The molecule has 7 nitrogen and oxygen atoms in total. The predicted molar refractivity (Wildman–Crippen MR) is 101 cm³/mol. The van der Waals surface area contributed by atoms with Crippen LogP contribution < -0.4 is 19.1 Å². The second-order valence-electron chi connectivity index (χ2n) is 6.24. The molecule has 1 aromatic heterocycles. The van der Waals surface area contributed by atoms with E-state index in [1.807, 2.05) is 30.9 Å². The number of hydrogen-bond donors (Lipinski definition) is 1. The number of benzene rings is 1. The number of hydrogen-bond acceptors (Lipinski definition) is 5. The van der Waals surface area contributed by atoms with Crippen molar-refractivity contribution in [1.82, 2.24) is 4.90 Å². The van der Waals surface area contributed by atoms with Gasteiger partial charge < -0.3 is 19.6 Å². The molecule has 1 aliphatic heterocycles. The van der Waals surface area contributed by atoms with Crippen LogP contribution in [0.15, 0.2) is 42.6 Å². The third-order valence-electron chi connectivity index (χ3n) is 4.46. The Kier molecular flexibility index (Phi) is 6.01. The molecule has 2 aromatic rings. The summed E-state index contributed by atoms with van der Waals surface area (Å²) in [7, 11) is 0.